The number of aromatic nitrogens is 2. The zero-order valence-corrected chi connectivity index (χ0v) is 20.7. The van der Waals surface area contributed by atoms with Gasteiger partial charge in [-0.15, -0.1) is 0 Å². The second kappa shape index (κ2) is 10.0. The minimum Gasteiger partial charge on any atom is -0.309 e. The van der Waals surface area contributed by atoms with Crippen molar-refractivity contribution in [1.82, 2.24) is 19.2 Å². The molecule has 0 unspecified atom stereocenters. The van der Waals surface area contributed by atoms with Crippen molar-refractivity contribution < 1.29 is 13.2 Å². The summed E-state index contributed by atoms with van der Waals surface area (Å²) in [6.07, 6.45) is 0. The van der Waals surface area contributed by atoms with Gasteiger partial charge >= 0.3 is 0 Å². The monoisotopic (exact) mass is 471 g/mol. The Labute approximate surface area is 196 Å². The van der Waals surface area contributed by atoms with Crippen LogP contribution >= 0.6 is 0 Å². The molecule has 0 aliphatic carbocycles. The molecule has 33 heavy (non-hydrogen) atoms. The average Bonchev–Trinajstić information content (AvgIpc) is 3.10. The molecule has 2 aromatic carbocycles. The number of rotatable bonds is 9. The summed E-state index contributed by atoms with van der Waals surface area (Å²) in [5, 5.41) is 2.90. The molecule has 3 aromatic rings. The molecule has 0 radical (unpaired) electrons. The molecule has 0 saturated carbocycles. The number of amides is 1. The molecule has 3 rings (SSSR count). The quantitative estimate of drug-likeness (QED) is 0.496. The van der Waals surface area contributed by atoms with Gasteiger partial charge in [0.15, 0.2) is 0 Å². The van der Waals surface area contributed by atoms with Crippen molar-refractivity contribution in [1.29, 1.82) is 0 Å². The van der Waals surface area contributed by atoms with Crippen molar-refractivity contribution in [2.24, 2.45) is 0 Å². The maximum atomic E-state index is 12.9. The number of benzene rings is 2. The molecule has 0 fully saturated rings. The lowest BCUT2D eigenvalue weighted by molar-refractivity contribution is 0.102. The first-order chi connectivity index (χ1) is 15.5. The van der Waals surface area contributed by atoms with Crippen LogP contribution in [0.3, 0.4) is 0 Å². The van der Waals surface area contributed by atoms with Crippen molar-refractivity contribution in [3.63, 3.8) is 0 Å². The predicted molar refractivity (Wildman–Crippen MR) is 132 cm³/mol. The molecule has 0 aliphatic heterocycles. The maximum absolute atomic E-state index is 12.9. The zero-order chi connectivity index (χ0) is 24.2. The number of likely N-dealkylation sites (N-methyl/N-ethyl adjacent to an activating group) is 1. The van der Waals surface area contributed by atoms with Crippen molar-refractivity contribution in [2.75, 3.05) is 25.0 Å². The van der Waals surface area contributed by atoms with Crippen LogP contribution in [0.1, 0.15) is 45.0 Å². The summed E-state index contributed by atoms with van der Waals surface area (Å²) in [7, 11) is -3.67. The fourth-order valence-electron chi connectivity index (χ4n) is 3.60. The Hall–Kier alpha value is -2.75. The van der Waals surface area contributed by atoms with Crippen molar-refractivity contribution in [2.45, 2.75) is 51.6 Å². The van der Waals surface area contributed by atoms with Gasteiger partial charge in [0.25, 0.3) is 5.91 Å². The number of hydrogen-bond acceptors (Lipinski definition) is 5. The van der Waals surface area contributed by atoms with Crippen LogP contribution in [0.2, 0.25) is 0 Å². The Bertz CT molecular complexity index is 1210. The summed E-state index contributed by atoms with van der Waals surface area (Å²) in [4.78, 5) is 20.0. The number of imidazole rings is 1. The maximum Gasteiger partial charge on any atom is 0.257 e. The van der Waals surface area contributed by atoms with Gasteiger partial charge in [-0.1, -0.05) is 26.0 Å². The summed E-state index contributed by atoms with van der Waals surface area (Å²) in [5.74, 6) is 0.126. The highest BCUT2D eigenvalue weighted by molar-refractivity contribution is 7.89. The number of para-hydroxylation sites is 2. The molecular weight excluding hydrogens is 438 g/mol. The van der Waals surface area contributed by atoms with Crippen LogP contribution in [0.4, 0.5) is 5.95 Å². The summed E-state index contributed by atoms with van der Waals surface area (Å²) in [6, 6.07) is 13.7. The third kappa shape index (κ3) is 6.19. The molecular formula is C24H33N5O3S. The molecule has 1 heterocycles. The molecule has 0 bridgehead atoms. The fraction of sp³-hybridized carbons (Fsp3) is 0.417. The highest BCUT2D eigenvalue weighted by Crippen LogP contribution is 2.21. The van der Waals surface area contributed by atoms with Crippen LogP contribution in [0, 0.1) is 0 Å². The average molecular weight is 472 g/mol. The summed E-state index contributed by atoms with van der Waals surface area (Å²) in [6.45, 7) is 13.0. The number of hydrogen-bond donors (Lipinski definition) is 2. The minimum atomic E-state index is -3.67. The van der Waals surface area contributed by atoms with Gasteiger partial charge in [0.2, 0.25) is 16.0 Å². The summed E-state index contributed by atoms with van der Waals surface area (Å²) >= 11 is 0. The molecule has 1 aromatic heterocycles. The van der Waals surface area contributed by atoms with Crippen LogP contribution in [0.15, 0.2) is 53.4 Å². The fourth-order valence-corrected chi connectivity index (χ4v) is 5.02. The Morgan fingerprint density at radius 2 is 1.67 bits per heavy atom. The Morgan fingerprint density at radius 1 is 1.03 bits per heavy atom. The van der Waals surface area contributed by atoms with E-state index in [2.05, 4.69) is 33.8 Å². The number of carbonyl (C=O) groups excluding carboxylic acids is 1. The van der Waals surface area contributed by atoms with E-state index in [1.165, 1.54) is 24.3 Å². The van der Waals surface area contributed by atoms with E-state index in [1.807, 2.05) is 28.8 Å². The van der Waals surface area contributed by atoms with E-state index in [1.54, 1.807) is 20.8 Å². The van der Waals surface area contributed by atoms with E-state index < -0.39 is 15.6 Å². The van der Waals surface area contributed by atoms with Gasteiger partial charge in [0.1, 0.15) is 0 Å². The van der Waals surface area contributed by atoms with E-state index in [0.717, 1.165) is 30.7 Å². The van der Waals surface area contributed by atoms with Gasteiger partial charge in [0.05, 0.1) is 15.9 Å². The van der Waals surface area contributed by atoms with Crippen molar-refractivity contribution >= 4 is 32.9 Å². The zero-order valence-electron chi connectivity index (χ0n) is 19.9. The highest BCUT2D eigenvalue weighted by atomic mass is 32.2. The smallest absolute Gasteiger partial charge is 0.257 e. The standard InChI is InChI=1S/C24H33N5O3S/c1-6-28(7-2)16-17-29-21-11-9-8-10-20(21)25-23(29)26-22(30)18-12-14-19(15-13-18)33(31,32)27-24(3,4)5/h8-15,27H,6-7,16-17H2,1-5H3,(H,25,26,30). The molecule has 2 N–H and O–H groups in total. The van der Waals surface area contributed by atoms with Gasteiger partial charge in [-0.05, 0) is 70.3 Å². The Kier molecular flexibility index (Phi) is 7.56. The van der Waals surface area contributed by atoms with Gasteiger partial charge < -0.3 is 9.47 Å². The number of nitrogens with one attached hydrogen (secondary N) is 2. The molecule has 0 atom stereocenters. The lowest BCUT2D eigenvalue weighted by atomic mass is 10.1. The molecule has 0 spiro atoms. The number of nitrogens with zero attached hydrogens (tertiary/aromatic N) is 3. The van der Waals surface area contributed by atoms with Crippen LogP contribution in [0.5, 0.6) is 0 Å². The first-order valence-corrected chi connectivity index (χ1v) is 12.7. The number of anilines is 1. The van der Waals surface area contributed by atoms with Gasteiger partial charge in [-0.3, -0.25) is 10.1 Å². The molecule has 9 heteroatoms. The second-order valence-corrected chi connectivity index (χ2v) is 10.6. The first-order valence-electron chi connectivity index (χ1n) is 11.2. The lowest BCUT2D eigenvalue weighted by Gasteiger charge is -2.20. The van der Waals surface area contributed by atoms with E-state index in [0.29, 0.717) is 18.1 Å². The first kappa shape index (κ1) is 24.9. The van der Waals surface area contributed by atoms with Crippen LogP contribution in [-0.4, -0.2) is 53.9 Å². The Morgan fingerprint density at radius 3 is 2.27 bits per heavy atom. The second-order valence-electron chi connectivity index (χ2n) is 8.94. The summed E-state index contributed by atoms with van der Waals surface area (Å²) in [5.41, 5.74) is 1.52. The normalized spacial score (nSPS) is 12.4. The molecule has 0 saturated heterocycles. The molecule has 8 nitrogen and oxygen atoms in total. The van der Waals surface area contributed by atoms with Crippen LogP contribution < -0.4 is 10.0 Å². The lowest BCUT2D eigenvalue weighted by Crippen LogP contribution is -2.40. The topological polar surface area (TPSA) is 96.3 Å². The van der Waals surface area contributed by atoms with Crippen LogP contribution in [0.25, 0.3) is 11.0 Å². The number of fused-ring (bicyclic) bond motifs is 1. The molecule has 0 aliphatic rings. The molecule has 178 valence electrons. The largest absolute Gasteiger partial charge is 0.309 e. The van der Waals surface area contributed by atoms with Crippen molar-refractivity contribution in [3.8, 4) is 0 Å². The minimum absolute atomic E-state index is 0.112. The summed E-state index contributed by atoms with van der Waals surface area (Å²) < 4.78 is 29.6. The SMILES string of the molecule is CCN(CC)CCn1c(NC(=O)c2ccc(S(=O)(=O)NC(C)(C)C)cc2)nc2ccccc21. The van der Waals surface area contributed by atoms with Gasteiger partial charge in [0, 0.05) is 24.2 Å². The number of carbonyl (C=O) groups is 1. The van der Waals surface area contributed by atoms with Gasteiger partial charge in [-0.25, -0.2) is 18.1 Å². The van der Waals surface area contributed by atoms with Crippen LogP contribution in [-0.2, 0) is 16.6 Å². The van der Waals surface area contributed by atoms with E-state index in [9.17, 15) is 13.2 Å². The Balaban J connectivity index is 1.82. The van der Waals surface area contributed by atoms with Crippen molar-refractivity contribution in [3.05, 3.63) is 54.1 Å². The highest BCUT2D eigenvalue weighted by Gasteiger charge is 2.22. The predicted octanol–water partition coefficient (Wildman–Crippen LogP) is 3.71. The third-order valence-electron chi connectivity index (χ3n) is 5.28. The van der Waals surface area contributed by atoms with E-state index in [-0.39, 0.29) is 10.8 Å². The number of sulfonamides is 1. The molecule has 1 amide bonds. The third-order valence-corrected chi connectivity index (χ3v) is 7.06. The van der Waals surface area contributed by atoms with Gasteiger partial charge in [-0.2, -0.15) is 0 Å². The van der Waals surface area contributed by atoms with E-state index >= 15 is 0 Å². The van der Waals surface area contributed by atoms with E-state index in [4.69, 9.17) is 0 Å².